The van der Waals surface area contributed by atoms with Crippen LogP contribution in [0.5, 0.6) is 0 Å². The largest absolute Gasteiger partial charge is 0.450 e. The Bertz CT molecular complexity index is 779. The zero-order valence-electron chi connectivity index (χ0n) is 13.8. The van der Waals surface area contributed by atoms with Crippen molar-refractivity contribution in [2.75, 3.05) is 32.8 Å². The molecule has 1 aliphatic heterocycles. The van der Waals surface area contributed by atoms with Crippen molar-refractivity contribution in [3.63, 3.8) is 0 Å². The van der Waals surface area contributed by atoms with E-state index in [1.165, 1.54) is 6.07 Å². The third kappa shape index (κ3) is 2.81. The van der Waals surface area contributed by atoms with Gasteiger partial charge in [0.15, 0.2) is 0 Å². The van der Waals surface area contributed by atoms with Crippen molar-refractivity contribution < 1.29 is 18.7 Å². The van der Waals surface area contributed by atoms with E-state index in [1.54, 1.807) is 46.5 Å². The number of fused-ring (bicyclic) bond motifs is 1. The number of aromatic nitrogens is 1. The summed E-state index contributed by atoms with van der Waals surface area (Å²) in [4.78, 5) is 27.7. The summed E-state index contributed by atoms with van der Waals surface area (Å²) in [6.45, 7) is 3.82. The van der Waals surface area contributed by atoms with Crippen molar-refractivity contribution in [2.24, 2.45) is 7.05 Å². The Morgan fingerprint density at radius 1 is 1.17 bits per heavy atom. The van der Waals surface area contributed by atoms with E-state index < -0.39 is 0 Å². The van der Waals surface area contributed by atoms with Crippen molar-refractivity contribution in [3.8, 4) is 0 Å². The van der Waals surface area contributed by atoms with Gasteiger partial charge in [0.2, 0.25) is 0 Å². The second-order valence-corrected chi connectivity index (χ2v) is 5.74. The summed E-state index contributed by atoms with van der Waals surface area (Å²) >= 11 is 0. The number of para-hydroxylation sites is 1. The van der Waals surface area contributed by atoms with Gasteiger partial charge in [-0.05, 0) is 19.1 Å². The second kappa shape index (κ2) is 6.51. The van der Waals surface area contributed by atoms with Gasteiger partial charge in [-0.1, -0.05) is 12.1 Å². The smallest absolute Gasteiger partial charge is 0.409 e. The Balaban J connectivity index is 1.76. The molecule has 1 aromatic carbocycles. The summed E-state index contributed by atoms with van der Waals surface area (Å²) in [6.07, 6.45) is -0.351. The molecule has 7 heteroatoms. The third-order valence-corrected chi connectivity index (χ3v) is 4.32. The second-order valence-electron chi connectivity index (χ2n) is 5.74. The number of rotatable bonds is 2. The molecule has 0 radical (unpaired) electrons. The molecule has 0 N–H and O–H groups in total. The SMILES string of the molecule is CCOC(=O)N1CCN(C(=O)c2cc3cccc(F)c3n2C)CC1. The average Bonchev–Trinajstić information content (AvgIpc) is 2.93. The Labute approximate surface area is 139 Å². The molecule has 1 aromatic heterocycles. The van der Waals surface area contributed by atoms with Crippen molar-refractivity contribution in [3.05, 3.63) is 35.8 Å². The molecular formula is C17H20FN3O3. The first-order valence-electron chi connectivity index (χ1n) is 7.98. The van der Waals surface area contributed by atoms with Gasteiger partial charge in [0.1, 0.15) is 11.5 Å². The van der Waals surface area contributed by atoms with Gasteiger partial charge in [-0.2, -0.15) is 0 Å². The lowest BCUT2D eigenvalue weighted by molar-refractivity contribution is 0.0563. The first-order valence-corrected chi connectivity index (χ1v) is 7.98. The Morgan fingerprint density at radius 3 is 2.46 bits per heavy atom. The Morgan fingerprint density at radius 2 is 1.83 bits per heavy atom. The predicted octanol–water partition coefficient (Wildman–Crippen LogP) is 2.23. The Kier molecular flexibility index (Phi) is 4.42. The minimum atomic E-state index is -0.351. The van der Waals surface area contributed by atoms with Crippen LogP contribution in [0.4, 0.5) is 9.18 Å². The van der Waals surface area contributed by atoms with Gasteiger partial charge >= 0.3 is 6.09 Å². The lowest BCUT2D eigenvalue weighted by Gasteiger charge is -2.34. The molecule has 2 aromatic rings. The predicted molar refractivity (Wildman–Crippen MR) is 87.4 cm³/mol. The highest BCUT2D eigenvalue weighted by Gasteiger charge is 2.27. The van der Waals surface area contributed by atoms with Crippen LogP contribution in [-0.4, -0.2) is 59.2 Å². The number of carbonyl (C=O) groups is 2. The lowest BCUT2D eigenvalue weighted by atomic mass is 10.2. The summed E-state index contributed by atoms with van der Waals surface area (Å²) in [7, 11) is 1.69. The number of halogens is 1. The molecule has 1 fully saturated rings. The van der Waals surface area contributed by atoms with Crippen LogP contribution < -0.4 is 0 Å². The summed E-state index contributed by atoms with van der Waals surface area (Å²) in [5, 5.41) is 0.700. The van der Waals surface area contributed by atoms with E-state index in [-0.39, 0.29) is 17.8 Å². The van der Waals surface area contributed by atoms with Crippen LogP contribution in [-0.2, 0) is 11.8 Å². The molecule has 0 unspecified atom stereocenters. The van der Waals surface area contributed by atoms with E-state index in [4.69, 9.17) is 4.74 Å². The number of benzene rings is 1. The molecule has 0 atom stereocenters. The first-order chi connectivity index (χ1) is 11.5. The summed E-state index contributed by atoms with van der Waals surface area (Å²) < 4.78 is 20.5. The van der Waals surface area contributed by atoms with Crippen molar-refractivity contribution in [2.45, 2.75) is 6.92 Å². The van der Waals surface area contributed by atoms with Gasteiger partial charge in [-0.3, -0.25) is 4.79 Å². The molecule has 1 saturated heterocycles. The van der Waals surface area contributed by atoms with Gasteiger partial charge in [-0.15, -0.1) is 0 Å². The van der Waals surface area contributed by atoms with E-state index in [1.807, 2.05) is 0 Å². The third-order valence-electron chi connectivity index (χ3n) is 4.32. The number of hydrogen-bond donors (Lipinski definition) is 0. The minimum absolute atomic E-state index is 0.156. The molecule has 3 rings (SSSR count). The maximum Gasteiger partial charge on any atom is 0.409 e. The van der Waals surface area contributed by atoms with Crippen LogP contribution in [0, 0.1) is 5.82 Å². The van der Waals surface area contributed by atoms with Gasteiger partial charge in [0, 0.05) is 38.6 Å². The number of piperazine rings is 1. The minimum Gasteiger partial charge on any atom is -0.450 e. The molecule has 24 heavy (non-hydrogen) atoms. The van der Waals surface area contributed by atoms with Crippen molar-refractivity contribution >= 4 is 22.9 Å². The van der Waals surface area contributed by atoms with Crippen LogP contribution >= 0.6 is 0 Å². The maximum atomic E-state index is 14.0. The molecule has 0 bridgehead atoms. The normalized spacial score (nSPS) is 15.0. The molecular weight excluding hydrogens is 313 g/mol. The monoisotopic (exact) mass is 333 g/mol. The zero-order valence-corrected chi connectivity index (χ0v) is 13.8. The standard InChI is InChI=1S/C17H20FN3O3/c1-3-24-17(23)21-9-7-20(8-10-21)16(22)14-11-12-5-4-6-13(18)15(12)19(14)2/h4-6,11H,3,7-10H2,1-2H3. The number of carbonyl (C=O) groups excluding carboxylic acids is 2. The van der Waals surface area contributed by atoms with Crippen LogP contribution in [0.3, 0.4) is 0 Å². The topological polar surface area (TPSA) is 54.8 Å². The molecule has 0 spiro atoms. The Hall–Kier alpha value is -2.57. The fraction of sp³-hybridized carbons (Fsp3) is 0.412. The number of aryl methyl sites for hydroxylation is 1. The van der Waals surface area contributed by atoms with E-state index in [2.05, 4.69) is 0 Å². The fourth-order valence-electron chi connectivity index (χ4n) is 3.04. The fourth-order valence-corrected chi connectivity index (χ4v) is 3.04. The first kappa shape index (κ1) is 16.3. The van der Waals surface area contributed by atoms with Crippen LogP contribution in [0.25, 0.3) is 10.9 Å². The summed E-state index contributed by atoms with van der Waals surface area (Å²) in [5.41, 5.74) is 0.866. The highest BCUT2D eigenvalue weighted by molar-refractivity contribution is 5.99. The quantitative estimate of drug-likeness (QED) is 0.847. The van der Waals surface area contributed by atoms with Crippen molar-refractivity contribution in [1.82, 2.24) is 14.4 Å². The molecule has 0 aliphatic carbocycles. The molecule has 1 aliphatic rings. The van der Waals surface area contributed by atoms with Gasteiger partial charge < -0.3 is 19.1 Å². The van der Waals surface area contributed by atoms with Crippen LogP contribution in [0.15, 0.2) is 24.3 Å². The summed E-state index contributed by atoms with van der Waals surface area (Å²) in [6, 6.07) is 6.51. The van der Waals surface area contributed by atoms with E-state index in [9.17, 15) is 14.0 Å². The maximum absolute atomic E-state index is 14.0. The van der Waals surface area contributed by atoms with E-state index >= 15 is 0 Å². The highest BCUT2D eigenvalue weighted by atomic mass is 19.1. The van der Waals surface area contributed by atoms with Crippen LogP contribution in [0.2, 0.25) is 0 Å². The molecule has 128 valence electrons. The van der Waals surface area contributed by atoms with Crippen molar-refractivity contribution in [1.29, 1.82) is 0 Å². The zero-order chi connectivity index (χ0) is 17.3. The van der Waals surface area contributed by atoms with Gasteiger partial charge in [-0.25, -0.2) is 9.18 Å². The molecule has 2 amide bonds. The van der Waals surface area contributed by atoms with Gasteiger partial charge in [0.25, 0.3) is 5.91 Å². The van der Waals surface area contributed by atoms with Crippen LogP contribution in [0.1, 0.15) is 17.4 Å². The number of hydrogen-bond acceptors (Lipinski definition) is 3. The molecule has 2 heterocycles. The molecule has 0 saturated carbocycles. The number of amides is 2. The van der Waals surface area contributed by atoms with E-state index in [0.29, 0.717) is 49.4 Å². The number of ether oxygens (including phenoxy) is 1. The highest BCUT2D eigenvalue weighted by Crippen LogP contribution is 2.23. The summed E-state index contributed by atoms with van der Waals surface area (Å²) in [5.74, 6) is -0.502. The number of nitrogens with zero attached hydrogens (tertiary/aromatic N) is 3. The van der Waals surface area contributed by atoms with E-state index in [0.717, 1.165) is 0 Å². The van der Waals surface area contributed by atoms with Gasteiger partial charge in [0.05, 0.1) is 12.1 Å². The molecule has 6 nitrogen and oxygen atoms in total. The lowest BCUT2D eigenvalue weighted by Crippen LogP contribution is -2.51. The average molecular weight is 333 g/mol.